The van der Waals surface area contributed by atoms with Crippen LogP contribution in [0.15, 0.2) is 17.3 Å². The highest BCUT2D eigenvalue weighted by atomic mass is 32.2. The lowest BCUT2D eigenvalue weighted by Gasteiger charge is -2.02. The smallest absolute Gasteiger partial charge is 0.240 e. The first kappa shape index (κ1) is 10.1. The molecule has 0 spiro atoms. The van der Waals surface area contributed by atoms with Gasteiger partial charge in [0.15, 0.2) is 0 Å². The summed E-state index contributed by atoms with van der Waals surface area (Å²) >= 11 is 0. The zero-order valence-corrected chi connectivity index (χ0v) is 8.25. The quantitative estimate of drug-likeness (QED) is 0.743. The van der Waals surface area contributed by atoms with Gasteiger partial charge in [0.2, 0.25) is 10.0 Å². The van der Waals surface area contributed by atoms with Gasteiger partial charge in [-0.1, -0.05) is 13.8 Å². The normalized spacial score (nSPS) is 12.0. The molecule has 0 fully saturated rings. The molecule has 0 saturated heterocycles. The number of primary sulfonamides is 1. The molecule has 0 bridgehead atoms. The van der Waals surface area contributed by atoms with Gasteiger partial charge in [-0.3, -0.25) is 0 Å². The zero-order chi connectivity index (χ0) is 10.1. The summed E-state index contributed by atoms with van der Waals surface area (Å²) in [7, 11) is -3.67. The van der Waals surface area contributed by atoms with Gasteiger partial charge < -0.3 is 0 Å². The van der Waals surface area contributed by atoms with Crippen molar-refractivity contribution in [3.05, 3.63) is 18.2 Å². The summed E-state index contributed by atoms with van der Waals surface area (Å²) in [5, 5.41) is 4.88. The molecule has 1 aromatic heterocycles. The zero-order valence-electron chi connectivity index (χ0n) is 7.43. The van der Waals surface area contributed by atoms with E-state index in [-0.39, 0.29) is 10.8 Å². The Bertz CT molecular complexity index is 383. The molecule has 0 aromatic carbocycles. The minimum absolute atomic E-state index is 0.0584. The van der Waals surface area contributed by atoms with E-state index in [1.165, 1.54) is 12.4 Å². The molecular formula is C7H11N3O2S. The lowest BCUT2D eigenvalue weighted by molar-refractivity contribution is 0.596. The Morgan fingerprint density at radius 2 is 1.77 bits per heavy atom. The Hall–Kier alpha value is -1.01. The van der Waals surface area contributed by atoms with E-state index in [1.807, 2.05) is 13.8 Å². The van der Waals surface area contributed by atoms with Gasteiger partial charge in [-0.15, -0.1) is 0 Å². The maximum Gasteiger partial charge on any atom is 0.241 e. The molecule has 0 amide bonds. The minimum atomic E-state index is -3.67. The van der Waals surface area contributed by atoms with Crippen molar-refractivity contribution >= 4 is 10.0 Å². The topological polar surface area (TPSA) is 85.9 Å². The fourth-order valence-electron chi connectivity index (χ4n) is 0.771. The highest BCUT2D eigenvalue weighted by Gasteiger charge is 2.09. The first-order valence-electron chi connectivity index (χ1n) is 3.76. The second-order valence-corrected chi connectivity index (χ2v) is 4.54. The summed E-state index contributed by atoms with van der Waals surface area (Å²) < 4.78 is 21.6. The molecule has 0 saturated carbocycles. The molecule has 13 heavy (non-hydrogen) atoms. The van der Waals surface area contributed by atoms with Crippen LogP contribution >= 0.6 is 0 Å². The highest BCUT2D eigenvalue weighted by Crippen LogP contribution is 2.09. The maximum atomic E-state index is 10.8. The number of nitrogens with two attached hydrogens (primary N) is 1. The molecule has 0 radical (unpaired) electrons. The molecule has 0 atom stereocenters. The van der Waals surface area contributed by atoms with Crippen LogP contribution < -0.4 is 5.14 Å². The molecule has 1 rings (SSSR count). The van der Waals surface area contributed by atoms with E-state index in [0.29, 0.717) is 5.82 Å². The summed E-state index contributed by atoms with van der Waals surface area (Å²) in [6.45, 7) is 3.85. The van der Waals surface area contributed by atoms with Gasteiger partial charge >= 0.3 is 0 Å². The monoisotopic (exact) mass is 201 g/mol. The Balaban J connectivity index is 3.08. The van der Waals surface area contributed by atoms with Crippen molar-refractivity contribution in [2.75, 3.05) is 0 Å². The first-order chi connectivity index (χ1) is 5.91. The predicted molar refractivity (Wildman–Crippen MR) is 47.5 cm³/mol. The highest BCUT2D eigenvalue weighted by molar-refractivity contribution is 7.89. The van der Waals surface area contributed by atoms with Crippen LogP contribution in [0.3, 0.4) is 0 Å². The second-order valence-electron chi connectivity index (χ2n) is 2.98. The average Bonchev–Trinajstić information content (AvgIpc) is 2.03. The van der Waals surface area contributed by atoms with E-state index >= 15 is 0 Å². The fraction of sp³-hybridized carbons (Fsp3) is 0.429. The van der Waals surface area contributed by atoms with Crippen LogP contribution in [0.5, 0.6) is 0 Å². The Morgan fingerprint density at radius 1 is 1.31 bits per heavy atom. The van der Waals surface area contributed by atoms with E-state index in [0.717, 1.165) is 0 Å². The van der Waals surface area contributed by atoms with Gasteiger partial charge in [0.1, 0.15) is 10.7 Å². The molecule has 0 unspecified atom stereocenters. The van der Waals surface area contributed by atoms with Crippen molar-refractivity contribution in [2.24, 2.45) is 5.14 Å². The number of nitrogens with zero attached hydrogens (tertiary/aromatic N) is 2. The van der Waals surface area contributed by atoms with Crippen molar-refractivity contribution in [1.29, 1.82) is 0 Å². The molecule has 72 valence electrons. The van der Waals surface area contributed by atoms with E-state index in [4.69, 9.17) is 5.14 Å². The SMILES string of the molecule is CC(C)c1ncc(S(N)(=O)=O)cn1. The first-order valence-corrected chi connectivity index (χ1v) is 5.30. The number of hydrogen-bond acceptors (Lipinski definition) is 4. The number of rotatable bonds is 2. The van der Waals surface area contributed by atoms with Crippen molar-refractivity contribution in [3.8, 4) is 0 Å². The number of aromatic nitrogens is 2. The number of hydrogen-bond donors (Lipinski definition) is 1. The van der Waals surface area contributed by atoms with E-state index in [2.05, 4.69) is 9.97 Å². The van der Waals surface area contributed by atoms with Crippen LogP contribution in [0.4, 0.5) is 0 Å². The molecule has 6 heteroatoms. The molecule has 0 aliphatic rings. The molecular weight excluding hydrogens is 190 g/mol. The Kier molecular flexibility index (Phi) is 2.63. The molecule has 1 heterocycles. The number of sulfonamides is 1. The third kappa shape index (κ3) is 2.46. The van der Waals surface area contributed by atoms with Crippen LogP contribution in [0, 0.1) is 0 Å². The van der Waals surface area contributed by atoms with E-state index < -0.39 is 10.0 Å². The van der Waals surface area contributed by atoms with Gasteiger partial charge in [-0.25, -0.2) is 23.5 Å². The van der Waals surface area contributed by atoms with Gasteiger partial charge in [0.25, 0.3) is 0 Å². The summed E-state index contributed by atoms with van der Waals surface area (Å²) in [4.78, 5) is 7.69. The van der Waals surface area contributed by atoms with Crippen LogP contribution in [0.1, 0.15) is 25.6 Å². The standard InChI is InChI=1S/C7H11N3O2S/c1-5(2)7-9-3-6(4-10-7)13(8,11)12/h3-5H,1-2H3,(H2,8,11,12). The summed E-state index contributed by atoms with van der Waals surface area (Å²) in [5.41, 5.74) is 0. The van der Waals surface area contributed by atoms with Crippen molar-refractivity contribution in [3.63, 3.8) is 0 Å². The van der Waals surface area contributed by atoms with E-state index in [1.54, 1.807) is 0 Å². The van der Waals surface area contributed by atoms with E-state index in [9.17, 15) is 8.42 Å². The van der Waals surface area contributed by atoms with Gasteiger partial charge in [-0.05, 0) is 0 Å². The predicted octanol–water partition coefficient (Wildman–Crippen LogP) is 0.247. The Labute approximate surface area is 77.1 Å². The average molecular weight is 201 g/mol. The Morgan fingerprint density at radius 3 is 2.08 bits per heavy atom. The van der Waals surface area contributed by atoms with Gasteiger partial charge in [0.05, 0.1) is 12.4 Å². The van der Waals surface area contributed by atoms with Crippen LogP contribution in [0.25, 0.3) is 0 Å². The van der Waals surface area contributed by atoms with Crippen molar-refractivity contribution in [2.45, 2.75) is 24.7 Å². The van der Waals surface area contributed by atoms with Crippen LogP contribution in [-0.4, -0.2) is 18.4 Å². The van der Waals surface area contributed by atoms with Crippen LogP contribution in [-0.2, 0) is 10.0 Å². The molecule has 0 aliphatic carbocycles. The lowest BCUT2D eigenvalue weighted by Crippen LogP contribution is -2.13. The summed E-state index contributed by atoms with van der Waals surface area (Å²) in [5.74, 6) is 0.780. The molecule has 2 N–H and O–H groups in total. The molecule has 1 aromatic rings. The van der Waals surface area contributed by atoms with Crippen molar-refractivity contribution < 1.29 is 8.42 Å². The second kappa shape index (κ2) is 3.39. The summed E-state index contributed by atoms with van der Waals surface area (Å²) in [6, 6.07) is 0. The summed E-state index contributed by atoms with van der Waals surface area (Å²) in [6.07, 6.45) is 2.44. The minimum Gasteiger partial charge on any atom is -0.240 e. The van der Waals surface area contributed by atoms with Gasteiger partial charge in [-0.2, -0.15) is 0 Å². The molecule has 5 nitrogen and oxygen atoms in total. The third-order valence-electron chi connectivity index (χ3n) is 1.49. The lowest BCUT2D eigenvalue weighted by atomic mass is 10.2. The third-order valence-corrected chi connectivity index (χ3v) is 2.36. The van der Waals surface area contributed by atoms with Gasteiger partial charge in [0, 0.05) is 5.92 Å². The fourth-order valence-corrected chi connectivity index (χ4v) is 1.17. The molecule has 0 aliphatic heterocycles. The van der Waals surface area contributed by atoms with Crippen molar-refractivity contribution in [1.82, 2.24) is 9.97 Å². The van der Waals surface area contributed by atoms with Crippen LogP contribution in [0.2, 0.25) is 0 Å². The maximum absolute atomic E-state index is 10.8. The largest absolute Gasteiger partial charge is 0.241 e.